The molecule has 0 amide bonds. The zero-order chi connectivity index (χ0) is 17.9. The van der Waals surface area contributed by atoms with Gasteiger partial charge in [0.2, 0.25) is 0 Å². The first-order valence-corrected chi connectivity index (χ1v) is 8.26. The summed E-state index contributed by atoms with van der Waals surface area (Å²) in [5.41, 5.74) is 0.758. The van der Waals surface area contributed by atoms with Crippen molar-refractivity contribution in [3.63, 3.8) is 0 Å². The quantitative estimate of drug-likeness (QED) is 0.777. The summed E-state index contributed by atoms with van der Waals surface area (Å²) in [6.45, 7) is 2.29. The molecule has 1 atom stereocenters. The molecule has 1 aliphatic rings. The number of benzene rings is 1. The van der Waals surface area contributed by atoms with Crippen molar-refractivity contribution in [1.29, 1.82) is 0 Å². The van der Waals surface area contributed by atoms with Gasteiger partial charge < -0.3 is 0 Å². The Balaban J connectivity index is 1.65. The molecule has 0 saturated carbocycles. The Kier molecular flexibility index (Phi) is 5.18. The molecule has 1 aromatic carbocycles. The molecular formula is C19H19F3N2O. The Morgan fingerprint density at radius 2 is 1.80 bits per heavy atom. The molecular weight excluding hydrogens is 329 g/mol. The van der Waals surface area contributed by atoms with Gasteiger partial charge in [-0.3, -0.25) is 14.7 Å². The number of carbonyl (C=O) groups excluding carboxylic acids is 1. The minimum Gasteiger partial charge on any atom is -0.298 e. The molecule has 2 heterocycles. The topological polar surface area (TPSA) is 33.2 Å². The second-order valence-corrected chi connectivity index (χ2v) is 6.37. The third kappa shape index (κ3) is 4.45. The van der Waals surface area contributed by atoms with Crippen molar-refractivity contribution in [2.75, 3.05) is 13.1 Å². The summed E-state index contributed by atoms with van der Waals surface area (Å²) in [4.78, 5) is 18.8. The number of hydrogen-bond donors (Lipinski definition) is 0. The van der Waals surface area contributed by atoms with Crippen LogP contribution in [0.15, 0.2) is 48.8 Å². The van der Waals surface area contributed by atoms with Gasteiger partial charge in [0.15, 0.2) is 5.78 Å². The molecule has 0 radical (unpaired) electrons. The van der Waals surface area contributed by atoms with E-state index in [1.54, 1.807) is 12.4 Å². The zero-order valence-electron chi connectivity index (χ0n) is 13.7. The molecule has 0 spiro atoms. The third-order valence-electron chi connectivity index (χ3n) is 4.53. The van der Waals surface area contributed by atoms with E-state index in [2.05, 4.69) is 9.88 Å². The number of alkyl halides is 3. The van der Waals surface area contributed by atoms with E-state index in [4.69, 9.17) is 0 Å². The highest BCUT2D eigenvalue weighted by Crippen LogP contribution is 2.30. The molecule has 25 heavy (non-hydrogen) atoms. The summed E-state index contributed by atoms with van der Waals surface area (Å²) in [5.74, 6) is -0.250. The van der Waals surface area contributed by atoms with Crippen LogP contribution in [-0.4, -0.2) is 28.8 Å². The Bertz CT molecular complexity index is 714. The van der Waals surface area contributed by atoms with E-state index in [0.29, 0.717) is 12.1 Å². The third-order valence-corrected chi connectivity index (χ3v) is 4.53. The maximum atomic E-state index is 12.6. The van der Waals surface area contributed by atoms with Crippen LogP contribution in [-0.2, 0) is 12.7 Å². The van der Waals surface area contributed by atoms with Crippen LogP contribution in [0.4, 0.5) is 13.2 Å². The molecule has 3 nitrogen and oxygen atoms in total. The van der Waals surface area contributed by atoms with Gasteiger partial charge in [0.1, 0.15) is 0 Å². The summed E-state index contributed by atoms with van der Waals surface area (Å²) >= 11 is 0. The van der Waals surface area contributed by atoms with Gasteiger partial charge in [-0.25, -0.2) is 0 Å². The lowest BCUT2D eigenvalue weighted by Crippen LogP contribution is -2.38. The molecule has 0 aliphatic carbocycles. The average molecular weight is 348 g/mol. The first-order chi connectivity index (χ1) is 11.9. The molecule has 1 fully saturated rings. The van der Waals surface area contributed by atoms with E-state index < -0.39 is 11.7 Å². The van der Waals surface area contributed by atoms with Gasteiger partial charge in [-0.2, -0.15) is 13.2 Å². The number of aromatic nitrogens is 1. The summed E-state index contributed by atoms with van der Waals surface area (Å²) in [6, 6.07) is 8.41. The van der Waals surface area contributed by atoms with Gasteiger partial charge in [0, 0.05) is 37.0 Å². The minimum atomic E-state index is -4.38. The number of rotatable bonds is 4. The fourth-order valence-electron chi connectivity index (χ4n) is 3.22. The SMILES string of the molecule is O=C(c1ccc(C(F)(F)F)cc1)[C@H]1CCCN(Cc2ccncc2)C1. The van der Waals surface area contributed by atoms with Crippen molar-refractivity contribution in [3.8, 4) is 0 Å². The van der Waals surface area contributed by atoms with Crippen molar-refractivity contribution >= 4 is 5.78 Å². The fraction of sp³-hybridized carbons (Fsp3) is 0.368. The predicted octanol–water partition coefficient (Wildman–Crippen LogP) is 4.20. The van der Waals surface area contributed by atoms with E-state index >= 15 is 0 Å². The lowest BCUT2D eigenvalue weighted by molar-refractivity contribution is -0.137. The summed E-state index contributed by atoms with van der Waals surface area (Å²) in [5, 5.41) is 0. The minimum absolute atomic E-state index is 0.0758. The van der Waals surface area contributed by atoms with Crippen LogP contribution < -0.4 is 0 Å². The summed E-state index contributed by atoms with van der Waals surface area (Å²) < 4.78 is 37.9. The van der Waals surface area contributed by atoms with E-state index in [0.717, 1.165) is 43.6 Å². The molecule has 3 rings (SSSR count). The van der Waals surface area contributed by atoms with Crippen LogP contribution in [0.5, 0.6) is 0 Å². The van der Waals surface area contributed by atoms with Crippen LogP contribution in [0.2, 0.25) is 0 Å². The zero-order valence-corrected chi connectivity index (χ0v) is 13.7. The average Bonchev–Trinajstić information content (AvgIpc) is 2.61. The van der Waals surface area contributed by atoms with E-state index in [9.17, 15) is 18.0 Å². The molecule has 0 bridgehead atoms. The maximum absolute atomic E-state index is 12.6. The highest BCUT2D eigenvalue weighted by Gasteiger charge is 2.31. The van der Waals surface area contributed by atoms with Crippen molar-refractivity contribution in [2.24, 2.45) is 5.92 Å². The number of likely N-dealkylation sites (tertiary alicyclic amines) is 1. The monoisotopic (exact) mass is 348 g/mol. The van der Waals surface area contributed by atoms with Crippen molar-refractivity contribution in [3.05, 3.63) is 65.5 Å². The first-order valence-electron chi connectivity index (χ1n) is 8.26. The number of Topliss-reactive ketones (excluding diaryl/α,β-unsaturated/α-hetero) is 1. The molecule has 1 aromatic heterocycles. The van der Waals surface area contributed by atoms with Gasteiger partial charge >= 0.3 is 6.18 Å². The number of nitrogens with zero attached hydrogens (tertiary/aromatic N) is 2. The van der Waals surface area contributed by atoms with Gasteiger partial charge in [0.05, 0.1) is 5.56 Å². The first kappa shape index (κ1) is 17.6. The van der Waals surface area contributed by atoms with Gasteiger partial charge in [-0.05, 0) is 49.2 Å². The predicted molar refractivity (Wildman–Crippen MR) is 88.0 cm³/mol. The summed E-state index contributed by atoms with van der Waals surface area (Å²) in [7, 11) is 0. The van der Waals surface area contributed by atoms with E-state index in [1.807, 2.05) is 12.1 Å². The van der Waals surface area contributed by atoms with Crippen LogP contribution in [0.25, 0.3) is 0 Å². The van der Waals surface area contributed by atoms with E-state index in [-0.39, 0.29) is 11.7 Å². The smallest absolute Gasteiger partial charge is 0.298 e. The largest absolute Gasteiger partial charge is 0.416 e. The van der Waals surface area contributed by atoms with E-state index in [1.165, 1.54) is 12.1 Å². The van der Waals surface area contributed by atoms with Crippen LogP contribution in [0.1, 0.15) is 34.3 Å². The number of hydrogen-bond acceptors (Lipinski definition) is 3. The second-order valence-electron chi connectivity index (χ2n) is 6.37. The van der Waals surface area contributed by atoms with Crippen LogP contribution in [0.3, 0.4) is 0 Å². The van der Waals surface area contributed by atoms with Gasteiger partial charge in [0.25, 0.3) is 0 Å². The second kappa shape index (κ2) is 7.35. The van der Waals surface area contributed by atoms with Crippen molar-refractivity contribution < 1.29 is 18.0 Å². The van der Waals surface area contributed by atoms with Gasteiger partial charge in [-0.15, -0.1) is 0 Å². The van der Waals surface area contributed by atoms with Gasteiger partial charge in [-0.1, -0.05) is 12.1 Å². The lowest BCUT2D eigenvalue weighted by atomic mass is 9.89. The Labute approximate surface area is 144 Å². The Morgan fingerprint density at radius 3 is 2.44 bits per heavy atom. The Morgan fingerprint density at radius 1 is 1.12 bits per heavy atom. The van der Waals surface area contributed by atoms with Crippen molar-refractivity contribution in [2.45, 2.75) is 25.6 Å². The highest BCUT2D eigenvalue weighted by molar-refractivity contribution is 5.98. The highest BCUT2D eigenvalue weighted by atomic mass is 19.4. The van der Waals surface area contributed by atoms with Crippen LogP contribution in [0, 0.1) is 5.92 Å². The maximum Gasteiger partial charge on any atom is 0.416 e. The number of piperidine rings is 1. The lowest BCUT2D eigenvalue weighted by Gasteiger charge is -2.32. The molecule has 0 N–H and O–H groups in total. The van der Waals surface area contributed by atoms with Crippen LogP contribution >= 0.6 is 0 Å². The number of halogens is 3. The van der Waals surface area contributed by atoms with Crippen molar-refractivity contribution in [1.82, 2.24) is 9.88 Å². The molecule has 132 valence electrons. The fourth-order valence-corrected chi connectivity index (χ4v) is 3.22. The molecule has 2 aromatic rings. The number of carbonyl (C=O) groups is 1. The molecule has 1 saturated heterocycles. The standard InChI is InChI=1S/C19H19F3N2O/c20-19(21,22)17-5-3-15(4-6-17)18(25)16-2-1-11-24(13-16)12-14-7-9-23-10-8-14/h3-10,16H,1-2,11-13H2/t16-/m0/s1. The molecule has 1 aliphatic heterocycles. The summed E-state index contributed by atoms with van der Waals surface area (Å²) in [6.07, 6.45) is 0.775. The molecule has 6 heteroatoms. The molecule has 0 unspecified atom stereocenters. The normalized spacial score (nSPS) is 18.9. The number of pyridine rings is 1. The number of ketones is 1. The Hall–Kier alpha value is -2.21.